The highest BCUT2D eigenvalue weighted by Gasteiger charge is 2.05. The molecular weight excluding hydrogens is 453 g/mol. The van der Waals surface area contributed by atoms with Gasteiger partial charge in [0.05, 0.1) is 0 Å². The second-order valence-electron chi connectivity index (χ2n) is 5.48. The molecule has 0 unspecified atom stereocenters. The third kappa shape index (κ3) is 7.45. The van der Waals surface area contributed by atoms with E-state index in [1.165, 1.54) is 71.7 Å². The Morgan fingerprint density at radius 2 is 0.897 bits per heavy atom. The predicted octanol–water partition coefficient (Wildman–Crippen LogP) is 8.46. The molecule has 3 aromatic carbocycles. The molecule has 0 spiro atoms. The number of hydrogen-bond acceptors (Lipinski definition) is 3. The van der Waals surface area contributed by atoms with Gasteiger partial charge >= 0.3 is 0 Å². The molecule has 0 amide bonds. The molecule has 0 saturated carbocycles. The van der Waals surface area contributed by atoms with Gasteiger partial charge in [0, 0.05) is 14.7 Å². The second-order valence-corrected chi connectivity index (χ2v) is 9.59. The van der Waals surface area contributed by atoms with Gasteiger partial charge in [0.25, 0.3) is 0 Å². The van der Waals surface area contributed by atoms with E-state index < -0.39 is 0 Å². The summed E-state index contributed by atoms with van der Waals surface area (Å²) in [4.78, 5) is 2.39. The van der Waals surface area contributed by atoms with Crippen molar-refractivity contribution in [1.29, 1.82) is 0 Å². The minimum Gasteiger partial charge on any atom is -0.207 e. The zero-order valence-electron chi connectivity index (χ0n) is 14.7. The molecule has 146 valence electrons. The highest BCUT2D eigenvalue weighted by molar-refractivity contribution is 8.22. The van der Waals surface area contributed by atoms with Crippen LogP contribution in [0.5, 0.6) is 0 Å². The maximum atomic E-state index is 13.2. The van der Waals surface area contributed by atoms with Gasteiger partial charge in [-0.25, -0.2) is 13.2 Å². The molecule has 0 heterocycles. The van der Waals surface area contributed by atoms with E-state index in [-0.39, 0.29) is 17.5 Å². The van der Waals surface area contributed by atoms with Gasteiger partial charge in [-0.1, -0.05) is 46.9 Å². The Labute approximate surface area is 184 Å². The normalized spacial score (nSPS) is 10.2. The third-order valence-corrected chi connectivity index (χ3v) is 6.54. The van der Waals surface area contributed by atoms with Crippen LogP contribution in [-0.4, -0.2) is 0 Å². The SMILES string of the molecule is Fc1ccc(SC(Cl)=C=C=C(Sc2ccc(F)cc2)Sc2ccc(F)cc2)cc1. The number of hydrogen-bond donors (Lipinski definition) is 0. The molecule has 29 heavy (non-hydrogen) atoms. The fourth-order valence-corrected chi connectivity index (χ4v) is 4.84. The van der Waals surface area contributed by atoms with E-state index in [0.717, 1.165) is 14.7 Å². The molecule has 0 aliphatic rings. The zero-order chi connectivity index (χ0) is 20.6. The Kier molecular flexibility index (Phi) is 8.08. The molecule has 3 aromatic rings. The van der Waals surface area contributed by atoms with Crippen LogP contribution in [0.1, 0.15) is 0 Å². The summed E-state index contributed by atoms with van der Waals surface area (Å²) in [7, 11) is 0. The van der Waals surface area contributed by atoms with Gasteiger partial charge in [-0.15, -0.1) is 0 Å². The Bertz CT molecular complexity index is 1020. The summed E-state index contributed by atoms with van der Waals surface area (Å²) in [6.45, 7) is 0. The van der Waals surface area contributed by atoms with Crippen molar-refractivity contribution in [2.75, 3.05) is 0 Å². The number of thioether (sulfide) groups is 3. The van der Waals surface area contributed by atoms with Crippen molar-refractivity contribution in [2.45, 2.75) is 14.7 Å². The fourth-order valence-electron chi connectivity index (χ4n) is 2.02. The first-order valence-corrected chi connectivity index (χ1v) is 11.0. The standard InChI is InChI=1S/C22H12ClF3S3/c23-21(27-18-7-1-15(24)2-8-18)13-14-22(28-19-9-3-16(25)4-10-19)29-20-11-5-17(26)6-12-20/h1-12H. The van der Waals surface area contributed by atoms with Crippen molar-refractivity contribution < 1.29 is 13.2 Å². The molecule has 0 aliphatic heterocycles. The van der Waals surface area contributed by atoms with Crippen LogP contribution in [0.4, 0.5) is 13.2 Å². The first kappa shape index (κ1) is 21.8. The number of benzene rings is 3. The van der Waals surface area contributed by atoms with Crippen LogP contribution in [0.25, 0.3) is 0 Å². The number of rotatable bonds is 6. The summed E-state index contributed by atoms with van der Waals surface area (Å²) in [6, 6.07) is 18.1. The molecule has 0 radical (unpaired) electrons. The molecular formula is C22H12ClF3S3. The smallest absolute Gasteiger partial charge is 0.129 e. The second kappa shape index (κ2) is 10.7. The van der Waals surface area contributed by atoms with Crippen LogP contribution < -0.4 is 0 Å². The van der Waals surface area contributed by atoms with Crippen molar-refractivity contribution >= 4 is 46.9 Å². The van der Waals surface area contributed by atoms with Crippen molar-refractivity contribution in [3.63, 3.8) is 0 Å². The molecule has 0 atom stereocenters. The average molecular weight is 465 g/mol. The van der Waals surface area contributed by atoms with E-state index in [1.54, 1.807) is 36.4 Å². The lowest BCUT2D eigenvalue weighted by Crippen LogP contribution is -1.77. The highest BCUT2D eigenvalue weighted by atomic mass is 35.5. The van der Waals surface area contributed by atoms with Crippen LogP contribution in [0.3, 0.4) is 0 Å². The van der Waals surface area contributed by atoms with Crippen LogP contribution in [0.2, 0.25) is 0 Å². The minimum absolute atomic E-state index is 0.319. The molecule has 7 heteroatoms. The van der Waals surface area contributed by atoms with E-state index in [1.807, 2.05) is 0 Å². The summed E-state index contributed by atoms with van der Waals surface area (Å²) >= 11 is 10.2. The number of halogens is 4. The van der Waals surface area contributed by atoms with Gasteiger partial charge in [-0.2, -0.15) is 0 Å². The highest BCUT2D eigenvalue weighted by Crippen LogP contribution is 2.38. The fraction of sp³-hybridized carbons (Fsp3) is 0. The topological polar surface area (TPSA) is 0 Å². The molecule has 0 aliphatic carbocycles. The first-order valence-electron chi connectivity index (χ1n) is 8.19. The van der Waals surface area contributed by atoms with Crippen LogP contribution in [0, 0.1) is 17.5 Å². The van der Waals surface area contributed by atoms with Crippen molar-refractivity contribution in [3.05, 3.63) is 110 Å². The van der Waals surface area contributed by atoms with Gasteiger partial charge in [-0.3, -0.25) is 0 Å². The van der Waals surface area contributed by atoms with Crippen molar-refractivity contribution in [2.24, 2.45) is 0 Å². The molecule has 3 rings (SSSR count). The van der Waals surface area contributed by atoms with E-state index >= 15 is 0 Å². The molecule has 0 saturated heterocycles. The van der Waals surface area contributed by atoms with Crippen LogP contribution in [0.15, 0.2) is 108 Å². The van der Waals surface area contributed by atoms with Crippen molar-refractivity contribution in [3.8, 4) is 0 Å². The van der Waals surface area contributed by atoms with E-state index in [9.17, 15) is 13.2 Å². The first-order chi connectivity index (χ1) is 14.0. The molecule has 0 fully saturated rings. The Balaban J connectivity index is 1.88. The van der Waals surface area contributed by atoms with Gasteiger partial charge < -0.3 is 0 Å². The molecule has 0 N–H and O–H groups in total. The monoisotopic (exact) mass is 464 g/mol. The molecule has 0 nitrogen and oxygen atoms in total. The zero-order valence-corrected chi connectivity index (χ0v) is 17.9. The molecule has 0 aromatic heterocycles. The maximum Gasteiger partial charge on any atom is 0.129 e. The van der Waals surface area contributed by atoms with E-state index in [2.05, 4.69) is 11.5 Å². The van der Waals surface area contributed by atoms with E-state index in [4.69, 9.17) is 11.6 Å². The van der Waals surface area contributed by atoms with Gasteiger partial charge in [0.15, 0.2) is 0 Å². The lowest BCUT2D eigenvalue weighted by Gasteiger charge is -2.04. The summed E-state index contributed by atoms with van der Waals surface area (Å²) in [6.07, 6.45) is 0. The maximum absolute atomic E-state index is 13.2. The van der Waals surface area contributed by atoms with Gasteiger partial charge in [0.1, 0.15) is 26.1 Å². The van der Waals surface area contributed by atoms with Crippen LogP contribution in [-0.2, 0) is 0 Å². The van der Waals surface area contributed by atoms with E-state index in [0.29, 0.717) is 8.60 Å². The predicted molar refractivity (Wildman–Crippen MR) is 117 cm³/mol. The lowest BCUT2D eigenvalue weighted by molar-refractivity contribution is 0.626. The largest absolute Gasteiger partial charge is 0.207 e. The third-order valence-electron chi connectivity index (χ3n) is 3.33. The van der Waals surface area contributed by atoms with Crippen molar-refractivity contribution in [1.82, 2.24) is 0 Å². The quantitative estimate of drug-likeness (QED) is 0.265. The summed E-state index contributed by atoms with van der Waals surface area (Å²) in [5.74, 6) is -0.959. The van der Waals surface area contributed by atoms with Crippen LogP contribution >= 0.6 is 46.9 Å². The Hall–Kier alpha value is -1.91. The van der Waals surface area contributed by atoms with Gasteiger partial charge in [-0.05, 0) is 84.3 Å². The Morgan fingerprint density at radius 3 is 1.28 bits per heavy atom. The lowest BCUT2D eigenvalue weighted by atomic mass is 10.4. The summed E-state index contributed by atoms with van der Waals surface area (Å²) < 4.78 is 40.4. The van der Waals surface area contributed by atoms with Gasteiger partial charge in [0.2, 0.25) is 0 Å². The average Bonchev–Trinajstić information content (AvgIpc) is 2.71. The molecule has 0 bridgehead atoms. The summed E-state index contributed by atoms with van der Waals surface area (Å²) in [5.41, 5.74) is 5.90. The Morgan fingerprint density at radius 1 is 0.552 bits per heavy atom. The minimum atomic E-state index is -0.321. The summed E-state index contributed by atoms with van der Waals surface area (Å²) in [5, 5.41) is 0.